The van der Waals surface area contributed by atoms with Crippen LogP contribution >= 0.6 is 39.1 Å². The van der Waals surface area contributed by atoms with Crippen molar-refractivity contribution in [2.24, 2.45) is 0 Å². The Morgan fingerprint density at radius 1 is 1.11 bits per heavy atom. The topological polar surface area (TPSA) is 17.3 Å². The zero-order chi connectivity index (χ0) is 13.6. The first kappa shape index (κ1) is 13.0. The first-order chi connectivity index (χ1) is 9.06. The molecule has 0 radical (unpaired) electrons. The maximum atomic E-state index is 6.28. The minimum Gasteiger partial charge on any atom is -0.304 e. The molecule has 0 unspecified atom stereocenters. The summed E-state index contributed by atoms with van der Waals surface area (Å²) in [6, 6.07) is 7.99. The highest BCUT2D eigenvalue weighted by atomic mass is 79.9. The minimum atomic E-state index is 0.593. The molecule has 2 aromatic heterocycles. The zero-order valence-corrected chi connectivity index (χ0v) is 13.1. The van der Waals surface area contributed by atoms with Crippen molar-refractivity contribution >= 4 is 44.8 Å². The lowest BCUT2D eigenvalue weighted by Crippen LogP contribution is -1.88. The minimum absolute atomic E-state index is 0.593. The molecule has 0 fully saturated rings. The lowest BCUT2D eigenvalue weighted by atomic mass is 10.2. The average molecular weight is 356 g/mol. The van der Waals surface area contributed by atoms with Crippen LogP contribution in [-0.2, 0) is 0 Å². The van der Waals surface area contributed by atoms with Crippen molar-refractivity contribution in [3.8, 4) is 11.3 Å². The number of fused-ring (bicyclic) bond motifs is 1. The number of benzene rings is 1. The summed E-state index contributed by atoms with van der Waals surface area (Å²) >= 11 is 15.8. The van der Waals surface area contributed by atoms with Gasteiger partial charge in [0.15, 0.2) is 5.65 Å². The van der Waals surface area contributed by atoms with Crippen molar-refractivity contribution in [2.75, 3.05) is 0 Å². The predicted octanol–water partition coefficient (Wildman–Crippen LogP) is 5.38. The van der Waals surface area contributed by atoms with Crippen LogP contribution < -0.4 is 0 Å². The Labute approximate surface area is 129 Å². The van der Waals surface area contributed by atoms with Gasteiger partial charge < -0.3 is 4.40 Å². The molecule has 0 bridgehead atoms. The van der Waals surface area contributed by atoms with Gasteiger partial charge in [0.1, 0.15) is 0 Å². The summed E-state index contributed by atoms with van der Waals surface area (Å²) in [6.45, 7) is 1.89. The highest BCUT2D eigenvalue weighted by Gasteiger charge is 2.11. The molecule has 0 saturated carbocycles. The second-order valence-corrected chi connectivity index (χ2v) is 5.98. The van der Waals surface area contributed by atoms with E-state index in [2.05, 4.69) is 20.9 Å². The van der Waals surface area contributed by atoms with E-state index in [1.165, 1.54) is 0 Å². The summed E-state index contributed by atoms with van der Waals surface area (Å²) in [5.41, 5.74) is 3.48. The number of hydrogen-bond donors (Lipinski definition) is 0. The highest BCUT2D eigenvalue weighted by Crippen LogP contribution is 2.30. The van der Waals surface area contributed by atoms with Gasteiger partial charge in [0.05, 0.1) is 15.7 Å². The fraction of sp³-hybridized carbons (Fsp3) is 0.0714. The highest BCUT2D eigenvalue weighted by molar-refractivity contribution is 9.10. The van der Waals surface area contributed by atoms with Crippen LogP contribution in [0.1, 0.15) is 5.56 Å². The number of rotatable bonds is 1. The summed E-state index contributed by atoms with van der Waals surface area (Å²) in [6.07, 6.45) is 3.75. The molecule has 2 nitrogen and oxygen atoms in total. The lowest BCUT2D eigenvalue weighted by molar-refractivity contribution is 1.17. The first-order valence-corrected chi connectivity index (χ1v) is 7.20. The smallest absolute Gasteiger partial charge is 0.156 e. The molecule has 0 N–H and O–H groups in total. The SMILES string of the molecule is Cc1c(Cl)cn2cc(-c3ccc(Br)cc3)nc2c1Cl. The average Bonchev–Trinajstić information content (AvgIpc) is 2.81. The zero-order valence-electron chi connectivity index (χ0n) is 9.99. The third kappa shape index (κ3) is 2.27. The number of nitrogens with zero attached hydrogens (tertiary/aromatic N) is 2. The normalized spacial score (nSPS) is 11.2. The molecule has 3 aromatic rings. The van der Waals surface area contributed by atoms with Gasteiger partial charge in [0.25, 0.3) is 0 Å². The van der Waals surface area contributed by atoms with Gasteiger partial charge in [-0.05, 0) is 24.6 Å². The molecule has 96 valence electrons. The maximum Gasteiger partial charge on any atom is 0.156 e. The van der Waals surface area contributed by atoms with Gasteiger partial charge in [-0.2, -0.15) is 0 Å². The Morgan fingerprint density at radius 3 is 2.47 bits per heavy atom. The lowest BCUT2D eigenvalue weighted by Gasteiger charge is -2.02. The molecular weight excluding hydrogens is 347 g/mol. The third-order valence-electron chi connectivity index (χ3n) is 3.01. The largest absolute Gasteiger partial charge is 0.304 e. The van der Waals surface area contributed by atoms with Crippen molar-refractivity contribution in [1.29, 1.82) is 0 Å². The fourth-order valence-electron chi connectivity index (χ4n) is 1.91. The second-order valence-electron chi connectivity index (χ2n) is 4.28. The molecule has 0 amide bonds. The molecular formula is C14H9BrCl2N2. The monoisotopic (exact) mass is 354 g/mol. The molecule has 0 spiro atoms. The van der Waals surface area contributed by atoms with E-state index in [0.717, 1.165) is 26.9 Å². The molecule has 19 heavy (non-hydrogen) atoms. The van der Waals surface area contributed by atoms with Crippen LogP contribution in [0.3, 0.4) is 0 Å². The maximum absolute atomic E-state index is 6.28. The molecule has 0 aliphatic rings. The predicted molar refractivity (Wildman–Crippen MR) is 83.1 cm³/mol. The molecule has 5 heteroatoms. The number of halogens is 3. The number of imidazole rings is 1. The Morgan fingerprint density at radius 2 is 1.79 bits per heavy atom. The van der Waals surface area contributed by atoms with E-state index in [-0.39, 0.29) is 0 Å². The number of aromatic nitrogens is 2. The van der Waals surface area contributed by atoms with Crippen molar-refractivity contribution in [3.05, 3.63) is 56.7 Å². The number of hydrogen-bond acceptors (Lipinski definition) is 1. The van der Waals surface area contributed by atoms with Crippen LogP contribution in [0, 0.1) is 6.92 Å². The quantitative estimate of drug-likeness (QED) is 0.572. The van der Waals surface area contributed by atoms with Crippen LogP contribution in [-0.4, -0.2) is 9.38 Å². The Balaban J connectivity index is 2.22. The molecule has 2 heterocycles. The van der Waals surface area contributed by atoms with E-state index in [1.807, 2.05) is 48.0 Å². The van der Waals surface area contributed by atoms with Crippen LogP contribution in [0.25, 0.3) is 16.9 Å². The van der Waals surface area contributed by atoms with Crippen molar-refractivity contribution < 1.29 is 0 Å². The third-order valence-corrected chi connectivity index (χ3v) is 4.37. The van der Waals surface area contributed by atoms with E-state index in [1.54, 1.807) is 0 Å². The Hall–Kier alpha value is -1.03. The van der Waals surface area contributed by atoms with Crippen LogP contribution in [0.2, 0.25) is 10.0 Å². The van der Waals surface area contributed by atoms with Gasteiger partial charge in [-0.15, -0.1) is 0 Å². The summed E-state index contributed by atoms with van der Waals surface area (Å²) in [7, 11) is 0. The van der Waals surface area contributed by atoms with E-state index >= 15 is 0 Å². The van der Waals surface area contributed by atoms with Gasteiger partial charge >= 0.3 is 0 Å². The molecule has 0 aliphatic carbocycles. The summed E-state index contributed by atoms with van der Waals surface area (Å²) < 4.78 is 2.90. The van der Waals surface area contributed by atoms with Gasteiger partial charge in [-0.1, -0.05) is 51.3 Å². The standard InChI is InChI=1S/C14H9BrCl2N2/c1-8-11(16)6-19-7-12(18-14(19)13(8)17)9-2-4-10(15)5-3-9/h2-7H,1H3. The van der Waals surface area contributed by atoms with Crippen molar-refractivity contribution in [3.63, 3.8) is 0 Å². The molecule has 0 atom stereocenters. The van der Waals surface area contributed by atoms with Gasteiger partial charge in [0.2, 0.25) is 0 Å². The number of pyridine rings is 1. The van der Waals surface area contributed by atoms with Crippen molar-refractivity contribution in [2.45, 2.75) is 6.92 Å². The van der Waals surface area contributed by atoms with Gasteiger partial charge in [-0.25, -0.2) is 4.98 Å². The Bertz CT molecular complexity index is 763. The molecule has 1 aromatic carbocycles. The van der Waals surface area contributed by atoms with Crippen LogP contribution in [0.5, 0.6) is 0 Å². The first-order valence-electron chi connectivity index (χ1n) is 5.65. The fourth-order valence-corrected chi connectivity index (χ4v) is 2.66. The van der Waals surface area contributed by atoms with E-state index in [4.69, 9.17) is 23.2 Å². The summed E-state index contributed by atoms with van der Waals surface area (Å²) in [5, 5.41) is 1.23. The Kier molecular flexibility index (Phi) is 3.29. The second kappa shape index (κ2) is 4.82. The van der Waals surface area contributed by atoms with Crippen LogP contribution in [0.15, 0.2) is 41.1 Å². The van der Waals surface area contributed by atoms with Crippen molar-refractivity contribution in [1.82, 2.24) is 9.38 Å². The summed E-state index contributed by atoms with van der Waals surface area (Å²) in [4.78, 5) is 4.57. The summed E-state index contributed by atoms with van der Waals surface area (Å²) in [5.74, 6) is 0. The molecule has 0 aliphatic heterocycles. The van der Waals surface area contributed by atoms with Gasteiger partial charge in [0, 0.05) is 22.4 Å². The van der Waals surface area contributed by atoms with E-state index in [0.29, 0.717) is 10.0 Å². The molecule has 3 rings (SSSR count). The van der Waals surface area contributed by atoms with E-state index < -0.39 is 0 Å². The van der Waals surface area contributed by atoms with Gasteiger partial charge in [-0.3, -0.25) is 0 Å². The molecule has 0 saturated heterocycles. The van der Waals surface area contributed by atoms with E-state index in [9.17, 15) is 0 Å². The van der Waals surface area contributed by atoms with Crippen LogP contribution in [0.4, 0.5) is 0 Å².